The van der Waals surface area contributed by atoms with Crippen molar-refractivity contribution in [2.75, 3.05) is 18.5 Å². The molecule has 4 nitrogen and oxygen atoms in total. The van der Waals surface area contributed by atoms with E-state index in [9.17, 15) is 4.79 Å². The standard InChI is InChI=1S/C20H20N2O2/c1-3-15-6-5-7-18(12-15)21-20(23)22-11-10-16-8-9-19(24-4-2)13-17(16)14-22/h1,5-9,12-13H,4,10-11,14H2,2H3,(H,21,23). The molecule has 0 unspecified atom stereocenters. The van der Waals surface area contributed by atoms with Crippen LogP contribution in [0.5, 0.6) is 5.75 Å². The van der Waals surface area contributed by atoms with Crippen LogP contribution in [0.1, 0.15) is 23.6 Å². The maximum Gasteiger partial charge on any atom is 0.322 e. The first-order valence-electron chi connectivity index (χ1n) is 8.07. The summed E-state index contributed by atoms with van der Waals surface area (Å²) in [7, 11) is 0. The van der Waals surface area contributed by atoms with Crippen LogP contribution in [0.3, 0.4) is 0 Å². The number of terminal acetylenes is 1. The zero-order chi connectivity index (χ0) is 16.9. The molecule has 0 atom stereocenters. The summed E-state index contributed by atoms with van der Waals surface area (Å²) >= 11 is 0. The molecule has 3 rings (SSSR count). The van der Waals surface area contributed by atoms with Gasteiger partial charge < -0.3 is 15.0 Å². The SMILES string of the molecule is C#Cc1cccc(NC(=O)N2CCc3ccc(OCC)cc3C2)c1. The second-order valence-corrected chi connectivity index (χ2v) is 5.69. The van der Waals surface area contributed by atoms with Crippen LogP contribution in [0.4, 0.5) is 10.5 Å². The molecule has 4 heteroatoms. The summed E-state index contributed by atoms with van der Waals surface area (Å²) in [5.74, 6) is 3.42. The fourth-order valence-corrected chi connectivity index (χ4v) is 2.85. The number of hydrogen-bond acceptors (Lipinski definition) is 2. The van der Waals surface area contributed by atoms with Gasteiger partial charge in [-0.25, -0.2) is 4.79 Å². The quantitative estimate of drug-likeness (QED) is 0.877. The molecule has 0 aliphatic carbocycles. The van der Waals surface area contributed by atoms with Crippen molar-refractivity contribution in [3.8, 4) is 18.1 Å². The lowest BCUT2D eigenvalue weighted by Gasteiger charge is -2.29. The number of urea groups is 1. The third-order valence-corrected chi connectivity index (χ3v) is 4.07. The number of fused-ring (bicyclic) bond motifs is 1. The van der Waals surface area contributed by atoms with Crippen LogP contribution < -0.4 is 10.1 Å². The first kappa shape index (κ1) is 15.9. The lowest BCUT2D eigenvalue weighted by atomic mass is 10.00. The van der Waals surface area contributed by atoms with Crippen LogP contribution >= 0.6 is 0 Å². The predicted octanol–water partition coefficient (Wildman–Crippen LogP) is 3.66. The van der Waals surface area contributed by atoms with Crippen molar-refractivity contribution in [1.29, 1.82) is 0 Å². The van der Waals surface area contributed by atoms with Gasteiger partial charge in [-0.15, -0.1) is 6.42 Å². The van der Waals surface area contributed by atoms with Crippen LogP contribution in [0, 0.1) is 12.3 Å². The Morgan fingerprint density at radius 1 is 1.29 bits per heavy atom. The van der Waals surface area contributed by atoms with Gasteiger partial charge in [0.05, 0.1) is 6.61 Å². The van der Waals surface area contributed by atoms with E-state index in [-0.39, 0.29) is 6.03 Å². The van der Waals surface area contributed by atoms with E-state index in [4.69, 9.17) is 11.2 Å². The Balaban J connectivity index is 1.71. The van der Waals surface area contributed by atoms with E-state index in [0.29, 0.717) is 25.4 Å². The third kappa shape index (κ3) is 3.52. The lowest BCUT2D eigenvalue weighted by molar-refractivity contribution is 0.206. The molecular weight excluding hydrogens is 300 g/mol. The van der Waals surface area contributed by atoms with E-state index in [1.54, 1.807) is 11.0 Å². The molecule has 0 saturated heterocycles. The molecule has 0 aromatic heterocycles. The number of benzene rings is 2. The fourth-order valence-electron chi connectivity index (χ4n) is 2.85. The van der Waals surface area contributed by atoms with E-state index in [2.05, 4.69) is 17.3 Å². The Hall–Kier alpha value is -2.93. The van der Waals surface area contributed by atoms with Crippen LogP contribution in [0.15, 0.2) is 42.5 Å². The molecule has 2 amide bonds. The number of ether oxygens (including phenoxy) is 1. The van der Waals surface area contributed by atoms with Crippen molar-refractivity contribution >= 4 is 11.7 Å². The number of nitrogens with one attached hydrogen (secondary N) is 1. The Bertz CT molecular complexity index is 792. The van der Waals surface area contributed by atoms with Gasteiger partial charge >= 0.3 is 6.03 Å². The van der Waals surface area contributed by atoms with Gasteiger partial charge in [0.25, 0.3) is 0 Å². The molecule has 2 aromatic carbocycles. The number of hydrogen-bond donors (Lipinski definition) is 1. The molecule has 0 saturated carbocycles. The van der Waals surface area contributed by atoms with Crippen molar-refractivity contribution in [3.63, 3.8) is 0 Å². The summed E-state index contributed by atoms with van der Waals surface area (Å²) in [5.41, 5.74) is 3.87. The van der Waals surface area contributed by atoms with Gasteiger partial charge in [0.15, 0.2) is 0 Å². The summed E-state index contributed by atoms with van der Waals surface area (Å²) in [5, 5.41) is 2.92. The minimum absolute atomic E-state index is 0.114. The largest absolute Gasteiger partial charge is 0.494 e. The summed E-state index contributed by atoms with van der Waals surface area (Å²) in [6.07, 6.45) is 6.25. The monoisotopic (exact) mass is 320 g/mol. The van der Waals surface area contributed by atoms with E-state index in [1.165, 1.54) is 5.56 Å². The van der Waals surface area contributed by atoms with Crippen LogP contribution in [-0.4, -0.2) is 24.1 Å². The van der Waals surface area contributed by atoms with Gasteiger partial charge in [0.1, 0.15) is 5.75 Å². The van der Waals surface area contributed by atoms with Crippen molar-refractivity contribution in [3.05, 3.63) is 59.2 Å². The first-order valence-corrected chi connectivity index (χ1v) is 8.07. The van der Waals surface area contributed by atoms with E-state index >= 15 is 0 Å². The Labute approximate surface area is 142 Å². The summed E-state index contributed by atoms with van der Waals surface area (Å²) in [6.45, 7) is 3.87. The molecule has 0 spiro atoms. The molecule has 1 aliphatic heterocycles. The molecule has 1 N–H and O–H groups in total. The molecule has 1 heterocycles. The first-order chi connectivity index (χ1) is 11.7. The van der Waals surface area contributed by atoms with E-state index in [1.807, 2.05) is 37.3 Å². The van der Waals surface area contributed by atoms with Gasteiger partial charge in [0, 0.05) is 24.3 Å². The molecule has 0 fully saturated rings. The third-order valence-electron chi connectivity index (χ3n) is 4.07. The highest BCUT2D eigenvalue weighted by molar-refractivity contribution is 5.89. The molecule has 24 heavy (non-hydrogen) atoms. The smallest absolute Gasteiger partial charge is 0.322 e. The maximum atomic E-state index is 12.5. The maximum absolute atomic E-state index is 12.5. The average molecular weight is 320 g/mol. The van der Waals surface area contributed by atoms with E-state index < -0.39 is 0 Å². The number of anilines is 1. The topological polar surface area (TPSA) is 41.6 Å². The van der Waals surface area contributed by atoms with Crippen molar-refractivity contribution in [2.45, 2.75) is 19.9 Å². The predicted molar refractivity (Wildman–Crippen MR) is 95.1 cm³/mol. The van der Waals surface area contributed by atoms with Crippen molar-refractivity contribution in [1.82, 2.24) is 4.90 Å². The molecule has 1 aliphatic rings. The fraction of sp³-hybridized carbons (Fsp3) is 0.250. The molecular formula is C20H20N2O2. The highest BCUT2D eigenvalue weighted by atomic mass is 16.5. The molecule has 122 valence electrons. The second kappa shape index (κ2) is 7.10. The highest BCUT2D eigenvalue weighted by Crippen LogP contribution is 2.24. The van der Waals surface area contributed by atoms with Gasteiger partial charge in [0.2, 0.25) is 0 Å². The minimum atomic E-state index is -0.114. The van der Waals surface area contributed by atoms with E-state index in [0.717, 1.165) is 23.3 Å². The number of carbonyl (C=O) groups excluding carboxylic acids is 1. The number of carbonyl (C=O) groups is 1. The van der Waals surface area contributed by atoms with Crippen LogP contribution in [0.25, 0.3) is 0 Å². The molecule has 0 bridgehead atoms. The molecule has 0 radical (unpaired) electrons. The van der Waals surface area contributed by atoms with Crippen molar-refractivity contribution < 1.29 is 9.53 Å². The van der Waals surface area contributed by atoms with Gasteiger partial charge in [-0.2, -0.15) is 0 Å². The van der Waals surface area contributed by atoms with Gasteiger partial charge in [-0.1, -0.05) is 18.1 Å². The normalized spacial score (nSPS) is 12.9. The summed E-state index contributed by atoms with van der Waals surface area (Å²) < 4.78 is 5.55. The number of rotatable bonds is 3. The Morgan fingerprint density at radius 2 is 2.17 bits per heavy atom. The minimum Gasteiger partial charge on any atom is -0.494 e. The lowest BCUT2D eigenvalue weighted by Crippen LogP contribution is -2.38. The summed E-state index contributed by atoms with van der Waals surface area (Å²) in [6, 6.07) is 13.3. The van der Waals surface area contributed by atoms with Crippen molar-refractivity contribution in [2.24, 2.45) is 0 Å². The Kier molecular flexibility index (Phi) is 4.72. The average Bonchev–Trinajstić information content (AvgIpc) is 2.61. The summed E-state index contributed by atoms with van der Waals surface area (Å²) in [4.78, 5) is 14.3. The Morgan fingerprint density at radius 3 is 2.96 bits per heavy atom. The number of nitrogens with zero attached hydrogens (tertiary/aromatic N) is 1. The van der Waals surface area contributed by atoms with Gasteiger partial charge in [-0.05, 0) is 54.8 Å². The van der Waals surface area contributed by atoms with Crippen LogP contribution in [-0.2, 0) is 13.0 Å². The molecule has 2 aromatic rings. The second-order valence-electron chi connectivity index (χ2n) is 5.69. The van der Waals surface area contributed by atoms with Crippen LogP contribution in [0.2, 0.25) is 0 Å². The number of amides is 2. The zero-order valence-corrected chi connectivity index (χ0v) is 13.7. The highest BCUT2D eigenvalue weighted by Gasteiger charge is 2.21. The zero-order valence-electron chi connectivity index (χ0n) is 13.7. The van der Waals surface area contributed by atoms with Gasteiger partial charge in [-0.3, -0.25) is 0 Å².